The number of sulfone groups is 1. The van der Waals surface area contributed by atoms with Gasteiger partial charge in [0.05, 0.1) is 5.75 Å². The van der Waals surface area contributed by atoms with E-state index in [0.29, 0.717) is 16.6 Å². The maximum Gasteiger partial charge on any atom is 0.265 e. The monoisotopic (exact) mass is 306 g/mol. The molecule has 1 rings (SSSR count). The van der Waals surface area contributed by atoms with Crippen molar-refractivity contribution < 1.29 is 13.2 Å². The van der Waals surface area contributed by atoms with Crippen LogP contribution in [0.4, 0.5) is 10.9 Å². The number of hydrogen-bond donors (Lipinski definition) is 3. The van der Waals surface area contributed by atoms with Crippen LogP contribution in [0.2, 0.25) is 0 Å². The van der Waals surface area contributed by atoms with Crippen molar-refractivity contribution in [3.63, 3.8) is 0 Å². The molecule has 0 spiro atoms. The normalized spacial score (nSPS) is 11.3. The molecule has 0 aromatic carbocycles. The Bertz CT molecular complexity index is 539. The smallest absolute Gasteiger partial charge is 0.265 e. The van der Waals surface area contributed by atoms with Gasteiger partial charge in [0.1, 0.15) is 10.7 Å². The van der Waals surface area contributed by atoms with Crippen LogP contribution in [0.25, 0.3) is 0 Å². The number of nitrogens with one attached hydrogen (secondary N) is 2. The van der Waals surface area contributed by atoms with Crippen LogP contribution in [0, 0.1) is 0 Å². The van der Waals surface area contributed by atoms with Gasteiger partial charge in [-0.15, -0.1) is 0 Å². The summed E-state index contributed by atoms with van der Waals surface area (Å²) in [5.41, 5.74) is 5.64. The molecule has 0 aliphatic rings. The molecule has 0 fully saturated rings. The summed E-state index contributed by atoms with van der Waals surface area (Å²) >= 11 is 1.15. The Morgan fingerprint density at radius 3 is 2.68 bits per heavy atom. The van der Waals surface area contributed by atoms with Gasteiger partial charge in [0.15, 0.2) is 15.0 Å². The molecule has 0 atom stereocenters. The number of nitrogens with zero attached hydrogens (tertiary/aromatic N) is 1. The van der Waals surface area contributed by atoms with Crippen molar-refractivity contribution in [1.29, 1.82) is 0 Å². The second-order valence-electron chi connectivity index (χ2n) is 3.76. The molecule has 0 aliphatic heterocycles. The largest absolute Gasteiger partial charge is 0.382 e. The molecule has 9 heteroatoms. The summed E-state index contributed by atoms with van der Waals surface area (Å²) in [5.74, 6) is -0.258. The first-order valence-electron chi connectivity index (χ1n) is 5.88. The molecule has 108 valence electrons. The highest BCUT2D eigenvalue weighted by molar-refractivity contribution is 7.91. The van der Waals surface area contributed by atoms with Crippen LogP contribution in [0.15, 0.2) is 0 Å². The van der Waals surface area contributed by atoms with E-state index in [1.54, 1.807) is 6.92 Å². The lowest BCUT2D eigenvalue weighted by Crippen LogP contribution is -2.29. The lowest BCUT2D eigenvalue weighted by atomic mass is 10.4. The average molecular weight is 306 g/mol. The van der Waals surface area contributed by atoms with Crippen LogP contribution in [-0.2, 0) is 9.84 Å². The van der Waals surface area contributed by atoms with Crippen LogP contribution in [0.3, 0.4) is 0 Å². The average Bonchev–Trinajstić information content (AvgIpc) is 2.70. The van der Waals surface area contributed by atoms with Crippen LogP contribution in [0.5, 0.6) is 0 Å². The quantitative estimate of drug-likeness (QED) is 0.668. The molecule has 7 nitrogen and oxygen atoms in total. The zero-order chi connectivity index (χ0) is 14.5. The SMILES string of the molecule is CCNc1nc(N)c(C(=O)NCCS(=O)(=O)CC)s1. The van der Waals surface area contributed by atoms with E-state index >= 15 is 0 Å². The number of carbonyl (C=O) groups excluding carboxylic acids is 1. The third-order valence-electron chi connectivity index (χ3n) is 2.33. The van der Waals surface area contributed by atoms with Gasteiger partial charge in [-0.3, -0.25) is 4.79 Å². The van der Waals surface area contributed by atoms with Gasteiger partial charge in [0, 0.05) is 18.8 Å². The first-order chi connectivity index (χ1) is 8.89. The van der Waals surface area contributed by atoms with Gasteiger partial charge in [-0.25, -0.2) is 13.4 Å². The lowest BCUT2D eigenvalue weighted by molar-refractivity contribution is 0.0961. The highest BCUT2D eigenvalue weighted by atomic mass is 32.2. The van der Waals surface area contributed by atoms with E-state index in [-0.39, 0.29) is 23.9 Å². The molecule has 1 heterocycles. The van der Waals surface area contributed by atoms with Gasteiger partial charge in [0.2, 0.25) is 0 Å². The first-order valence-corrected chi connectivity index (χ1v) is 8.52. The number of aromatic nitrogens is 1. The van der Waals surface area contributed by atoms with Gasteiger partial charge in [-0.2, -0.15) is 0 Å². The number of hydrogen-bond acceptors (Lipinski definition) is 7. The third-order valence-corrected chi connectivity index (χ3v) is 5.06. The van der Waals surface area contributed by atoms with Gasteiger partial charge < -0.3 is 16.4 Å². The summed E-state index contributed by atoms with van der Waals surface area (Å²) in [5, 5.41) is 6.07. The zero-order valence-electron chi connectivity index (χ0n) is 10.9. The molecular formula is C10H18N4O3S2. The number of thiazole rings is 1. The third kappa shape index (κ3) is 4.67. The minimum atomic E-state index is -3.08. The van der Waals surface area contributed by atoms with E-state index in [9.17, 15) is 13.2 Å². The molecule has 1 aromatic rings. The maximum absolute atomic E-state index is 11.8. The minimum Gasteiger partial charge on any atom is -0.382 e. The Morgan fingerprint density at radius 1 is 1.42 bits per heavy atom. The fourth-order valence-electron chi connectivity index (χ4n) is 1.27. The van der Waals surface area contributed by atoms with Gasteiger partial charge >= 0.3 is 0 Å². The summed E-state index contributed by atoms with van der Waals surface area (Å²) in [6.07, 6.45) is 0. The number of anilines is 2. The molecule has 0 unspecified atom stereocenters. The fraction of sp³-hybridized carbons (Fsp3) is 0.600. The Balaban J connectivity index is 2.59. The second kappa shape index (κ2) is 6.71. The molecule has 0 aliphatic carbocycles. The number of amides is 1. The van der Waals surface area contributed by atoms with Crippen molar-refractivity contribution >= 4 is 38.0 Å². The lowest BCUT2D eigenvalue weighted by Gasteiger charge is -2.03. The van der Waals surface area contributed by atoms with Gasteiger partial charge in [-0.05, 0) is 6.92 Å². The van der Waals surface area contributed by atoms with E-state index in [1.807, 2.05) is 6.92 Å². The standard InChI is InChI=1S/C10H18N4O3S2/c1-3-12-10-14-8(11)7(18-10)9(15)13-5-6-19(16,17)4-2/h3-6,11H2,1-2H3,(H,12,14)(H,13,15). The van der Waals surface area contributed by atoms with Crippen molar-refractivity contribution in [2.24, 2.45) is 0 Å². The number of rotatable bonds is 7. The molecule has 1 amide bonds. The Labute approximate surface area is 116 Å². The summed E-state index contributed by atoms with van der Waals surface area (Å²) < 4.78 is 22.6. The van der Waals surface area contributed by atoms with E-state index in [1.165, 1.54) is 0 Å². The Hall–Kier alpha value is -1.35. The first kappa shape index (κ1) is 15.7. The van der Waals surface area contributed by atoms with Gasteiger partial charge in [-0.1, -0.05) is 18.3 Å². The van der Waals surface area contributed by atoms with Crippen LogP contribution in [0.1, 0.15) is 23.5 Å². The minimum absolute atomic E-state index is 0.0656. The molecule has 4 N–H and O–H groups in total. The molecular weight excluding hydrogens is 288 g/mol. The molecule has 1 aromatic heterocycles. The van der Waals surface area contributed by atoms with E-state index in [2.05, 4.69) is 15.6 Å². The molecule has 0 radical (unpaired) electrons. The van der Waals surface area contributed by atoms with Gasteiger partial charge in [0.25, 0.3) is 5.91 Å². The molecule has 0 saturated carbocycles. The molecule has 0 bridgehead atoms. The number of nitrogen functional groups attached to an aromatic ring is 1. The summed E-state index contributed by atoms with van der Waals surface area (Å²) in [4.78, 5) is 16.1. The van der Waals surface area contributed by atoms with Crippen molar-refractivity contribution in [2.45, 2.75) is 13.8 Å². The predicted octanol–water partition coefficient (Wildman–Crippen LogP) is 0.322. The Kier molecular flexibility index (Phi) is 5.55. The van der Waals surface area contributed by atoms with Crippen LogP contribution < -0.4 is 16.4 Å². The fourth-order valence-corrected chi connectivity index (χ4v) is 2.84. The molecule has 0 saturated heterocycles. The second-order valence-corrected chi connectivity index (χ2v) is 7.23. The van der Waals surface area contributed by atoms with Crippen molar-refractivity contribution in [3.05, 3.63) is 4.88 Å². The topological polar surface area (TPSA) is 114 Å². The Morgan fingerprint density at radius 2 is 2.11 bits per heavy atom. The van der Waals surface area contributed by atoms with E-state index in [4.69, 9.17) is 5.73 Å². The predicted molar refractivity (Wildman–Crippen MR) is 77.4 cm³/mol. The summed E-state index contributed by atoms with van der Waals surface area (Å²) in [6.45, 7) is 4.24. The van der Waals surface area contributed by atoms with Crippen molar-refractivity contribution in [2.75, 3.05) is 35.6 Å². The highest BCUT2D eigenvalue weighted by Gasteiger charge is 2.16. The van der Waals surface area contributed by atoms with E-state index < -0.39 is 15.7 Å². The van der Waals surface area contributed by atoms with E-state index in [0.717, 1.165) is 11.3 Å². The maximum atomic E-state index is 11.8. The van der Waals surface area contributed by atoms with Crippen LogP contribution >= 0.6 is 11.3 Å². The van der Waals surface area contributed by atoms with Crippen LogP contribution in [-0.4, -0.2) is 43.9 Å². The summed E-state index contributed by atoms with van der Waals surface area (Å²) in [7, 11) is -3.08. The van der Waals surface area contributed by atoms with Crippen molar-refractivity contribution in [3.8, 4) is 0 Å². The highest BCUT2D eigenvalue weighted by Crippen LogP contribution is 2.24. The van der Waals surface area contributed by atoms with Crippen molar-refractivity contribution in [1.82, 2.24) is 10.3 Å². The number of nitrogens with two attached hydrogens (primary N) is 1. The number of carbonyl (C=O) groups is 1. The molecule has 19 heavy (non-hydrogen) atoms. The summed E-state index contributed by atoms with van der Waals surface area (Å²) in [6, 6.07) is 0. The zero-order valence-corrected chi connectivity index (χ0v) is 12.5.